The van der Waals surface area contributed by atoms with Crippen LogP contribution >= 0.6 is 0 Å². The first kappa shape index (κ1) is 23.5. The van der Waals surface area contributed by atoms with Crippen LogP contribution in [0.2, 0.25) is 0 Å². The van der Waals surface area contributed by atoms with Crippen molar-refractivity contribution in [1.82, 2.24) is 9.47 Å². The van der Waals surface area contributed by atoms with Gasteiger partial charge >= 0.3 is 5.97 Å². The number of hydrogen-bond donors (Lipinski definition) is 1. The molecule has 8 heteroatoms. The molecule has 0 saturated carbocycles. The van der Waals surface area contributed by atoms with Gasteiger partial charge in [-0.25, -0.2) is 4.39 Å². The highest BCUT2D eigenvalue weighted by molar-refractivity contribution is 5.93. The van der Waals surface area contributed by atoms with E-state index in [2.05, 4.69) is 11.4 Å². The van der Waals surface area contributed by atoms with E-state index >= 15 is 0 Å². The van der Waals surface area contributed by atoms with Gasteiger partial charge in [-0.1, -0.05) is 12.1 Å². The number of rotatable bonds is 7. The fourth-order valence-electron chi connectivity index (χ4n) is 4.13. The van der Waals surface area contributed by atoms with Gasteiger partial charge in [0.1, 0.15) is 17.7 Å². The lowest BCUT2D eigenvalue weighted by molar-refractivity contribution is -0.150. The van der Waals surface area contributed by atoms with Crippen molar-refractivity contribution in [2.45, 2.75) is 40.2 Å². The first-order valence-corrected chi connectivity index (χ1v) is 10.9. The average molecular weight is 441 g/mol. The zero-order valence-electron chi connectivity index (χ0n) is 18.8. The molecule has 32 heavy (non-hydrogen) atoms. The zero-order valence-corrected chi connectivity index (χ0v) is 18.8. The number of amides is 1. The van der Waals surface area contributed by atoms with E-state index in [1.165, 1.54) is 12.1 Å². The largest absolute Gasteiger partial charge is 0.466 e. The number of likely N-dealkylation sites (tertiary alicyclic amines) is 1. The smallest absolute Gasteiger partial charge is 0.310 e. The van der Waals surface area contributed by atoms with Crippen LogP contribution in [-0.2, 0) is 20.9 Å². The average Bonchev–Trinajstić information content (AvgIpc) is 2.99. The highest BCUT2D eigenvalue weighted by Crippen LogP contribution is 2.27. The Morgan fingerprint density at radius 1 is 1.28 bits per heavy atom. The topological polar surface area (TPSA) is 87.4 Å². The first-order chi connectivity index (χ1) is 15.3. The number of ether oxygens (including phenoxy) is 1. The number of anilines is 1. The molecular formula is C24H29FN4O3. The van der Waals surface area contributed by atoms with E-state index in [0.29, 0.717) is 31.1 Å². The van der Waals surface area contributed by atoms with Crippen LogP contribution < -0.4 is 5.32 Å². The molecule has 0 aliphatic carbocycles. The lowest BCUT2D eigenvalue weighted by Crippen LogP contribution is -2.43. The van der Waals surface area contributed by atoms with Crippen molar-refractivity contribution in [3.05, 3.63) is 52.5 Å². The zero-order chi connectivity index (χ0) is 23.3. The van der Waals surface area contributed by atoms with Crippen molar-refractivity contribution in [1.29, 1.82) is 5.26 Å². The van der Waals surface area contributed by atoms with Gasteiger partial charge in [0.2, 0.25) is 5.91 Å². The third-order valence-corrected chi connectivity index (χ3v) is 5.95. The second kappa shape index (κ2) is 10.4. The highest BCUT2D eigenvalue weighted by atomic mass is 19.1. The number of benzene rings is 1. The number of carbonyl (C=O) groups is 2. The Labute approximate surface area is 187 Å². The van der Waals surface area contributed by atoms with E-state index < -0.39 is 0 Å². The number of nitriles is 1. The third kappa shape index (κ3) is 5.35. The maximum absolute atomic E-state index is 13.3. The fraction of sp³-hybridized carbons (Fsp3) is 0.458. The van der Waals surface area contributed by atoms with Crippen molar-refractivity contribution in [2.75, 3.05) is 31.6 Å². The SMILES string of the molecule is CCOC(=O)[C@H]1CCCN(CC(=O)Nc2c(C#N)c(C)c(C)n2Cc2ccc(F)cc2)C1. The molecule has 1 aliphatic rings. The molecule has 1 atom stereocenters. The monoisotopic (exact) mass is 440 g/mol. The standard InChI is InChI=1S/C24H29FN4O3/c1-4-32-24(31)19-6-5-11-28(14-19)15-22(30)27-23-21(12-26)16(2)17(3)29(23)13-18-7-9-20(25)10-8-18/h7-10,19H,4-6,11,13-15H2,1-3H3,(H,27,30)/t19-/m0/s1. The van der Waals surface area contributed by atoms with Crippen LogP contribution in [0.25, 0.3) is 0 Å². The molecule has 2 heterocycles. The Bertz CT molecular complexity index is 1020. The summed E-state index contributed by atoms with van der Waals surface area (Å²) in [6.45, 7) is 7.60. The Hall–Kier alpha value is -3.18. The molecule has 0 unspecified atom stereocenters. The third-order valence-electron chi connectivity index (χ3n) is 5.95. The van der Waals surface area contributed by atoms with Gasteiger partial charge in [-0.15, -0.1) is 0 Å². The number of carbonyl (C=O) groups excluding carboxylic acids is 2. The Balaban J connectivity index is 1.75. The van der Waals surface area contributed by atoms with Crippen LogP contribution in [0.4, 0.5) is 10.2 Å². The number of esters is 1. The van der Waals surface area contributed by atoms with Crippen LogP contribution in [-0.4, -0.2) is 47.6 Å². The molecule has 1 aromatic heterocycles. The quantitative estimate of drug-likeness (QED) is 0.667. The highest BCUT2D eigenvalue weighted by Gasteiger charge is 2.28. The summed E-state index contributed by atoms with van der Waals surface area (Å²) in [5, 5.41) is 12.6. The summed E-state index contributed by atoms with van der Waals surface area (Å²) >= 11 is 0. The molecule has 1 N–H and O–H groups in total. The molecule has 0 bridgehead atoms. The van der Waals surface area contributed by atoms with Crippen molar-refractivity contribution in [2.24, 2.45) is 5.92 Å². The number of piperidine rings is 1. The minimum atomic E-state index is -0.317. The molecule has 1 amide bonds. The molecule has 3 rings (SSSR count). The Morgan fingerprint density at radius 3 is 2.66 bits per heavy atom. The van der Waals surface area contributed by atoms with Crippen molar-refractivity contribution < 1.29 is 18.7 Å². The van der Waals surface area contributed by atoms with Crippen LogP contribution in [0.5, 0.6) is 0 Å². The predicted molar refractivity (Wildman–Crippen MR) is 119 cm³/mol. The summed E-state index contributed by atoms with van der Waals surface area (Å²) in [7, 11) is 0. The maximum atomic E-state index is 13.3. The minimum absolute atomic E-state index is 0.126. The van der Waals surface area contributed by atoms with Crippen LogP contribution in [0.3, 0.4) is 0 Å². The summed E-state index contributed by atoms with van der Waals surface area (Å²) in [5.74, 6) is -0.565. The Morgan fingerprint density at radius 2 is 2.00 bits per heavy atom. The number of nitrogens with zero attached hydrogens (tertiary/aromatic N) is 3. The maximum Gasteiger partial charge on any atom is 0.310 e. The van der Waals surface area contributed by atoms with E-state index in [4.69, 9.17) is 4.74 Å². The molecule has 0 radical (unpaired) electrons. The van der Waals surface area contributed by atoms with E-state index in [1.807, 2.05) is 23.3 Å². The second-order valence-corrected chi connectivity index (χ2v) is 8.13. The first-order valence-electron chi connectivity index (χ1n) is 10.9. The van der Waals surface area contributed by atoms with E-state index in [-0.39, 0.29) is 30.2 Å². The minimum Gasteiger partial charge on any atom is -0.466 e. The van der Waals surface area contributed by atoms with Gasteiger partial charge in [0.25, 0.3) is 0 Å². The normalized spacial score (nSPS) is 16.4. The van der Waals surface area contributed by atoms with Gasteiger partial charge in [-0.3, -0.25) is 14.5 Å². The molecular weight excluding hydrogens is 411 g/mol. The van der Waals surface area contributed by atoms with Gasteiger partial charge in [0.05, 0.1) is 24.6 Å². The van der Waals surface area contributed by atoms with E-state index in [0.717, 1.165) is 36.2 Å². The number of nitrogens with one attached hydrogen (secondary N) is 1. The molecule has 170 valence electrons. The van der Waals surface area contributed by atoms with Crippen molar-refractivity contribution in [3.63, 3.8) is 0 Å². The number of halogens is 1. The Kier molecular flexibility index (Phi) is 7.65. The van der Waals surface area contributed by atoms with E-state index in [9.17, 15) is 19.2 Å². The van der Waals surface area contributed by atoms with Gasteiger partial charge in [-0.05, 0) is 63.4 Å². The molecule has 2 aromatic rings. The van der Waals surface area contributed by atoms with Gasteiger partial charge in [0, 0.05) is 18.8 Å². The van der Waals surface area contributed by atoms with Crippen LogP contribution in [0.15, 0.2) is 24.3 Å². The van der Waals surface area contributed by atoms with Gasteiger partial charge < -0.3 is 14.6 Å². The summed E-state index contributed by atoms with van der Waals surface area (Å²) in [6, 6.07) is 8.35. The lowest BCUT2D eigenvalue weighted by Gasteiger charge is -2.30. The number of hydrogen-bond acceptors (Lipinski definition) is 5. The van der Waals surface area contributed by atoms with Crippen molar-refractivity contribution >= 4 is 17.7 Å². The molecule has 1 aliphatic heterocycles. The molecule has 1 aromatic carbocycles. The number of aromatic nitrogens is 1. The molecule has 1 saturated heterocycles. The molecule has 1 fully saturated rings. The fourth-order valence-corrected chi connectivity index (χ4v) is 4.13. The second-order valence-electron chi connectivity index (χ2n) is 8.13. The summed E-state index contributed by atoms with van der Waals surface area (Å²) < 4.78 is 20.3. The molecule has 7 nitrogen and oxygen atoms in total. The summed E-state index contributed by atoms with van der Waals surface area (Å²) in [6.07, 6.45) is 1.58. The summed E-state index contributed by atoms with van der Waals surface area (Å²) in [5.41, 5.74) is 2.94. The van der Waals surface area contributed by atoms with Crippen LogP contribution in [0, 0.1) is 36.9 Å². The lowest BCUT2D eigenvalue weighted by atomic mass is 9.98. The van der Waals surface area contributed by atoms with Crippen molar-refractivity contribution in [3.8, 4) is 6.07 Å². The van der Waals surface area contributed by atoms with Gasteiger partial charge in [0.15, 0.2) is 0 Å². The predicted octanol–water partition coefficient (Wildman–Crippen LogP) is 3.38. The van der Waals surface area contributed by atoms with Crippen LogP contribution in [0.1, 0.15) is 42.1 Å². The van der Waals surface area contributed by atoms with Gasteiger partial charge in [-0.2, -0.15) is 5.26 Å². The van der Waals surface area contributed by atoms with E-state index in [1.54, 1.807) is 19.1 Å². The summed E-state index contributed by atoms with van der Waals surface area (Å²) in [4.78, 5) is 26.9. The molecule has 0 spiro atoms.